The molecule has 4 rings (SSSR count). The van der Waals surface area contributed by atoms with Crippen LogP contribution in [0, 0.1) is 35.4 Å². The number of anilines is 1. The summed E-state index contributed by atoms with van der Waals surface area (Å²) in [4.78, 5) is 40.4. The maximum atomic E-state index is 13.6. The van der Waals surface area contributed by atoms with E-state index in [1.54, 1.807) is 24.1 Å². The number of benzene rings is 3. The van der Waals surface area contributed by atoms with E-state index >= 15 is 0 Å². The lowest BCUT2D eigenvalue weighted by Gasteiger charge is -2.48. The van der Waals surface area contributed by atoms with E-state index in [1.807, 2.05) is 48.5 Å². The number of nitrogens with one attached hydrogen (secondary N) is 2. The Morgan fingerprint density at radius 3 is 1.88 bits per heavy atom. The largest absolute Gasteiger partial charge is 0.497 e. The van der Waals surface area contributed by atoms with Crippen molar-refractivity contribution in [2.75, 3.05) is 18.6 Å². The predicted molar refractivity (Wildman–Crippen MR) is 232 cm³/mol. The van der Waals surface area contributed by atoms with Crippen molar-refractivity contribution >= 4 is 23.4 Å². The third kappa shape index (κ3) is 14.0. The van der Waals surface area contributed by atoms with E-state index in [4.69, 9.17) is 4.74 Å². The van der Waals surface area contributed by atoms with Crippen LogP contribution in [-0.4, -0.2) is 36.5 Å². The lowest BCUT2D eigenvalue weighted by atomic mass is 9.77. The minimum Gasteiger partial charge on any atom is -0.497 e. The minimum atomic E-state index is -0.793. The number of carbonyl (C=O) groups excluding carboxylic acids is 3. The number of β-lactam (4-membered cyclic amide) rings is 1. The average Bonchev–Trinajstić information content (AvgIpc) is 3.24. The van der Waals surface area contributed by atoms with Crippen molar-refractivity contribution in [3.05, 3.63) is 95.3 Å². The van der Waals surface area contributed by atoms with Crippen LogP contribution in [0.5, 0.6) is 5.75 Å². The Labute approximate surface area is 347 Å². The van der Waals surface area contributed by atoms with E-state index < -0.39 is 6.10 Å². The van der Waals surface area contributed by atoms with Crippen LogP contribution in [0.2, 0.25) is 0 Å². The monoisotopic (exact) mass is 800 g/mol. The van der Waals surface area contributed by atoms with Gasteiger partial charge in [-0.05, 0) is 102 Å². The molecule has 0 aromatic heterocycles. The first-order valence-corrected chi connectivity index (χ1v) is 22.0. The Morgan fingerprint density at radius 2 is 1.31 bits per heavy atom. The third-order valence-electron chi connectivity index (χ3n) is 12.8. The van der Waals surface area contributed by atoms with E-state index in [1.165, 1.54) is 18.6 Å². The molecule has 1 unspecified atom stereocenters. The molecule has 1 aliphatic rings. The van der Waals surface area contributed by atoms with Gasteiger partial charge in [-0.15, -0.1) is 0 Å². The first kappa shape index (κ1) is 46.4. The topological polar surface area (TPSA) is 108 Å². The SMILES string of the molecule is CC[C@@H](C)[C@@H](C)[C@H](C)[C@@H](C)CNC(=O)CCCCCCCCCCC(=O)NCc1ccc(N2C(=O)[C@H](CC[C@H](O)c3ccc(F)cc3)C2c2ccc(OC)cc2)cc1. The van der Waals surface area contributed by atoms with Gasteiger partial charge in [-0.25, -0.2) is 4.39 Å². The van der Waals surface area contributed by atoms with Crippen molar-refractivity contribution < 1.29 is 28.6 Å². The fraction of sp³-hybridized carbons (Fsp3) is 0.571. The Morgan fingerprint density at radius 1 is 0.759 bits per heavy atom. The average molecular weight is 800 g/mol. The highest BCUT2D eigenvalue weighted by Crippen LogP contribution is 2.46. The van der Waals surface area contributed by atoms with E-state index in [0.717, 1.165) is 80.5 Å². The fourth-order valence-corrected chi connectivity index (χ4v) is 8.14. The van der Waals surface area contributed by atoms with Gasteiger partial charge in [-0.1, -0.05) is 116 Å². The normalized spacial score (nSPS) is 17.8. The molecule has 1 heterocycles. The second-order valence-electron chi connectivity index (χ2n) is 16.8. The summed E-state index contributed by atoms with van der Waals surface area (Å²) < 4.78 is 18.8. The zero-order chi connectivity index (χ0) is 42.0. The van der Waals surface area contributed by atoms with Crippen LogP contribution in [0.25, 0.3) is 0 Å². The predicted octanol–water partition coefficient (Wildman–Crippen LogP) is 10.6. The summed E-state index contributed by atoms with van der Waals surface area (Å²) in [5.41, 5.74) is 3.34. The summed E-state index contributed by atoms with van der Waals surface area (Å²) in [6.45, 7) is 12.7. The molecule has 3 amide bonds. The molecular weight excluding hydrogens is 730 g/mol. The number of unbranched alkanes of at least 4 members (excludes halogenated alkanes) is 7. The molecule has 318 valence electrons. The van der Waals surface area contributed by atoms with Gasteiger partial charge in [-0.3, -0.25) is 14.4 Å². The molecule has 3 aromatic carbocycles. The Balaban J connectivity index is 1.10. The van der Waals surface area contributed by atoms with Gasteiger partial charge >= 0.3 is 0 Å². The molecule has 0 aliphatic carbocycles. The highest BCUT2D eigenvalue weighted by molar-refractivity contribution is 6.03. The van der Waals surface area contributed by atoms with Crippen LogP contribution in [-0.2, 0) is 20.9 Å². The molecule has 1 saturated heterocycles. The van der Waals surface area contributed by atoms with Crippen LogP contribution in [0.3, 0.4) is 0 Å². The van der Waals surface area contributed by atoms with E-state index in [-0.39, 0.29) is 35.5 Å². The van der Waals surface area contributed by atoms with Gasteiger partial charge in [0.2, 0.25) is 17.7 Å². The van der Waals surface area contributed by atoms with Gasteiger partial charge in [0, 0.05) is 31.6 Å². The molecular formula is C49H70FN3O5. The second kappa shape index (κ2) is 24.0. The Kier molecular flexibility index (Phi) is 19.2. The summed E-state index contributed by atoms with van der Waals surface area (Å²) in [6, 6.07) is 21.1. The molecule has 0 spiro atoms. The number of halogens is 1. The van der Waals surface area contributed by atoms with E-state index in [9.17, 15) is 23.9 Å². The smallest absolute Gasteiger partial charge is 0.233 e. The number of nitrogens with zero attached hydrogens (tertiary/aromatic N) is 1. The van der Waals surface area contributed by atoms with Crippen LogP contribution >= 0.6 is 0 Å². The molecule has 3 aromatic rings. The number of ether oxygens (including phenoxy) is 1. The Bertz CT molecular complexity index is 1680. The van der Waals surface area contributed by atoms with Gasteiger partial charge in [0.1, 0.15) is 11.6 Å². The molecule has 8 nitrogen and oxygen atoms in total. The van der Waals surface area contributed by atoms with Crippen molar-refractivity contribution in [3.8, 4) is 5.75 Å². The number of aliphatic hydroxyl groups excluding tert-OH is 1. The number of methoxy groups -OCH3 is 1. The quantitative estimate of drug-likeness (QED) is 0.0554. The lowest BCUT2D eigenvalue weighted by Crippen LogP contribution is -2.55. The van der Waals surface area contributed by atoms with E-state index in [2.05, 4.69) is 45.3 Å². The summed E-state index contributed by atoms with van der Waals surface area (Å²) in [5.74, 6) is 2.70. The second-order valence-corrected chi connectivity index (χ2v) is 16.8. The number of hydrogen-bond donors (Lipinski definition) is 3. The number of hydrogen-bond acceptors (Lipinski definition) is 5. The molecule has 58 heavy (non-hydrogen) atoms. The molecule has 1 aliphatic heterocycles. The van der Waals surface area contributed by atoms with Gasteiger partial charge in [-0.2, -0.15) is 0 Å². The molecule has 0 bridgehead atoms. The maximum Gasteiger partial charge on any atom is 0.233 e. The van der Waals surface area contributed by atoms with Crippen molar-refractivity contribution in [2.24, 2.45) is 29.6 Å². The van der Waals surface area contributed by atoms with Gasteiger partial charge in [0.25, 0.3) is 0 Å². The first-order valence-electron chi connectivity index (χ1n) is 22.0. The molecule has 1 fully saturated rings. The third-order valence-corrected chi connectivity index (χ3v) is 12.8. The van der Waals surface area contributed by atoms with Crippen molar-refractivity contribution in [3.63, 3.8) is 0 Å². The zero-order valence-corrected chi connectivity index (χ0v) is 36.0. The van der Waals surface area contributed by atoms with Gasteiger partial charge in [0.15, 0.2) is 0 Å². The van der Waals surface area contributed by atoms with Crippen molar-refractivity contribution in [2.45, 2.75) is 137 Å². The number of carbonyl (C=O) groups is 3. The van der Waals surface area contributed by atoms with Crippen LogP contribution < -0.4 is 20.3 Å². The molecule has 0 saturated carbocycles. The minimum absolute atomic E-state index is 0.00900. The van der Waals surface area contributed by atoms with Crippen molar-refractivity contribution in [1.82, 2.24) is 10.6 Å². The number of aliphatic hydroxyl groups is 1. The maximum absolute atomic E-state index is 13.6. The van der Waals surface area contributed by atoms with E-state index in [0.29, 0.717) is 61.5 Å². The lowest BCUT2D eigenvalue weighted by molar-refractivity contribution is -0.131. The molecule has 0 radical (unpaired) electrons. The van der Waals surface area contributed by atoms with Crippen LogP contribution in [0.15, 0.2) is 72.8 Å². The summed E-state index contributed by atoms with van der Waals surface area (Å²) in [5, 5.41) is 17.0. The number of amides is 3. The van der Waals surface area contributed by atoms with Gasteiger partial charge < -0.3 is 25.4 Å². The Hall–Kier alpha value is -4.24. The van der Waals surface area contributed by atoms with Crippen LogP contribution in [0.1, 0.15) is 147 Å². The first-order chi connectivity index (χ1) is 27.9. The summed E-state index contributed by atoms with van der Waals surface area (Å²) in [7, 11) is 1.62. The summed E-state index contributed by atoms with van der Waals surface area (Å²) in [6.07, 6.45) is 10.9. The molecule has 7 atom stereocenters. The highest BCUT2D eigenvalue weighted by Gasteiger charge is 2.48. The fourth-order valence-electron chi connectivity index (χ4n) is 8.14. The molecule has 3 N–H and O–H groups in total. The van der Waals surface area contributed by atoms with Crippen molar-refractivity contribution in [1.29, 1.82) is 0 Å². The summed E-state index contributed by atoms with van der Waals surface area (Å²) >= 11 is 0. The molecule has 9 heteroatoms. The zero-order valence-electron chi connectivity index (χ0n) is 36.0. The number of rotatable bonds is 26. The van der Waals surface area contributed by atoms with Crippen LogP contribution in [0.4, 0.5) is 10.1 Å². The standard InChI is InChI=1S/C49H70FN3O5/c1-7-34(2)36(4)37(5)35(3)32-51-46(55)16-14-12-10-8-9-11-13-15-17-47(56)52-33-38-18-26-42(27-19-38)53-48(40-22-28-43(58-6)29-23-40)44(49(53)57)30-31-45(54)39-20-24-41(50)25-21-39/h18-29,34-37,44-45,48,54H,7-17,30-33H2,1-6H3,(H,51,55)(H,52,56)/t34-,35+,36-,37-,44-,45+,48?/m1/s1. The highest BCUT2D eigenvalue weighted by atomic mass is 19.1. The van der Waals surface area contributed by atoms with Gasteiger partial charge in [0.05, 0.1) is 25.2 Å².